The minimum absolute atomic E-state index is 0.0928. The molecule has 0 spiro atoms. The fourth-order valence-corrected chi connectivity index (χ4v) is 4.43. The maximum atomic E-state index is 12.9. The van der Waals surface area contributed by atoms with Crippen molar-refractivity contribution < 1.29 is 4.79 Å². The molecule has 1 saturated heterocycles. The maximum Gasteiger partial charge on any atom is 0.329 e. The molecular formula is C24H26N6O2. The van der Waals surface area contributed by atoms with Crippen molar-refractivity contribution in [1.82, 2.24) is 19.1 Å². The summed E-state index contributed by atoms with van der Waals surface area (Å²) in [4.78, 5) is 37.4. The third-order valence-corrected chi connectivity index (χ3v) is 6.02. The van der Waals surface area contributed by atoms with Crippen LogP contribution in [0.2, 0.25) is 0 Å². The van der Waals surface area contributed by atoms with Crippen LogP contribution < -0.4 is 15.9 Å². The van der Waals surface area contributed by atoms with Gasteiger partial charge in [-0.3, -0.25) is 13.9 Å². The van der Waals surface area contributed by atoms with Crippen LogP contribution in [-0.4, -0.2) is 38.1 Å². The Labute approximate surface area is 185 Å². The van der Waals surface area contributed by atoms with E-state index in [9.17, 15) is 9.59 Å². The zero-order valence-electron chi connectivity index (χ0n) is 18.1. The Morgan fingerprint density at radius 3 is 2.25 bits per heavy atom. The molecule has 4 aromatic rings. The highest BCUT2D eigenvalue weighted by molar-refractivity contribution is 5.94. The van der Waals surface area contributed by atoms with Crippen molar-refractivity contribution in [3.8, 4) is 0 Å². The number of hydrogen-bond acceptors (Lipinski definition) is 5. The number of amides is 1. The molecule has 8 heteroatoms. The van der Waals surface area contributed by atoms with Crippen molar-refractivity contribution in [3.63, 3.8) is 0 Å². The first kappa shape index (κ1) is 20.2. The second-order valence-corrected chi connectivity index (χ2v) is 8.04. The second kappa shape index (κ2) is 8.45. The first-order valence-corrected chi connectivity index (χ1v) is 11.2. The van der Waals surface area contributed by atoms with Gasteiger partial charge in [-0.25, -0.2) is 14.8 Å². The van der Waals surface area contributed by atoms with E-state index in [4.69, 9.17) is 9.97 Å². The standard InChI is InChI=1S/C24H26N6O2/c1-2-29-19-11-5-6-12-20(19)30(24(29)32)16-13-21(31)27-22-23(28-14-7-8-15-28)26-18-10-4-3-9-17(18)25-22/h3-6,9-12H,2,7-8,13-16H2,1H3,(H,25,27,31). The van der Waals surface area contributed by atoms with E-state index in [-0.39, 0.29) is 18.0 Å². The fourth-order valence-electron chi connectivity index (χ4n) is 4.43. The molecule has 0 aliphatic carbocycles. The van der Waals surface area contributed by atoms with Crippen LogP contribution in [0.4, 0.5) is 11.6 Å². The highest BCUT2D eigenvalue weighted by Crippen LogP contribution is 2.28. The van der Waals surface area contributed by atoms with Gasteiger partial charge in [0.15, 0.2) is 11.6 Å². The van der Waals surface area contributed by atoms with Gasteiger partial charge in [0.2, 0.25) is 5.91 Å². The topological polar surface area (TPSA) is 85.0 Å². The van der Waals surface area contributed by atoms with Crippen LogP contribution in [0.25, 0.3) is 22.1 Å². The van der Waals surface area contributed by atoms with Gasteiger partial charge in [0.25, 0.3) is 0 Å². The molecule has 0 bridgehead atoms. The Morgan fingerprint density at radius 2 is 1.56 bits per heavy atom. The summed E-state index contributed by atoms with van der Waals surface area (Å²) >= 11 is 0. The number of rotatable bonds is 6. The molecule has 0 atom stereocenters. The molecule has 1 aliphatic rings. The zero-order chi connectivity index (χ0) is 22.1. The number of hydrogen-bond donors (Lipinski definition) is 1. The van der Waals surface area contributed by atoms with Crippen LogP contribution in [0.1, 0.15) is 26.2 Å². The number of carbonyl (C=O) groups excluding carboxylic acids is 1. The van der Waals surface area contributed by atoms with E-state index in [1.165, 1.54) is 0 Å². The predicted molar refractivity (Wildman–Crippen MR) is 126 cm³/mol. The molecule has 5 rings (SSSR count). The number of aryl methyl sites for hydroxylation is 2. The lowest BCUT2D eigenvalue weighted by Crippen LogP contribution is -2.26. The van der Waals surface area contributed by atoms with E-state index in [0.29, 0.717) is 24.7 Å². The Bertz CT molecular complexity index is 1350. The largest absolute Gasteiger partial charge is 0.354 e. The molecule has 2 aromatic heterocycles. The molecule has 0 unspecified atom stereocenters. The van der Waals surface area contributed by atoms with Crippen LogP contribution in [0.3, 0.4) is 0 Å². The van der Waals surface area contributed by atoms with Crippen LogP contribution in [0.15, 0.2) is 53.3 Å². The van der Waals surface area contributed by atoms with Gasteiger partial charge >= 0.3 is 5.69 Å². The number of nitrogens with one attached hydrogen (secondary N) is 1. The summed E-state index contributed by atoms with van der Waals surface area (Å²) in [5, 5.41) is 2.96. The lowest BCUT2D eigenvalue weighted by atomic mass is 10.3. The fraction of sp³-hybridized carbons (Fsp3) is 0.333. The monoisotopic (exact) mass is 430 g/mol. The van der Waals surface area contributed by atoms with Gasteiger partial charge in [-0.2, -0.15) is 0 Å². The lowest BCUT2D eigenvalue weighted by molar-refractivity contribution is -0.116. The number of anilines is 2. The first-order chi connectivity index (χ1) is 15.7. The summed E-state index contributed by atoms with van der Waals surface area (Å²) in [5.41, 5.74) is 3.19. The quantitative estimate of drug-likeness (QED) is 0.507. The van der Waals surface area contributed by atoms with E-state index in [2.05, 4.69) is 10.2 Å². The highest BCUT2D eigenvalue weighted by Gasteiger charge is 2.21. The molecule has 2 aromatic carbocycles. The molecule has 1 N–H and O–H groups in total. The number of imidazole rings is 1. The Hall–Kier alpha value is -3.68. The Morgan fingerprint density at radius 1 is 0.938 bits per heavy atom. The smallest absolute Gasteiger partial charge is 0.329 e. The maximum absolute atomic E-state index is 12.9. The summed E-state index contributed by atoms with van der Waals surface area (Å²) in [6.45, 7) is 4.65. The van der Waals surface area contributed by atoms with Crippen molar-refractivity contribution in [2.45, 2.75) is 39.3 Å². The molecule has 8 nitrogen and oxygen atoms in total. The van der Waals surface area contributed by atoms with Crippen LogP contribution in [-0.2, 0) is 17.9 Å². The Kier molecular flexibility index (Phi) is 5.34. The van der Waals surface area contributed by atoms with Crippen molar-refractivity contribution in [2.24, 2.45) is 0 Å². The molecule has 164 valence electrons. The summed E-state index contributed by atoms with van der Waals surface area (Å²) in [6, 6.07) is 15.4. The molecule has 0 radical (unpaired) electrons. The van der Waals surface area contributed by atoms with Gasteiger partial charge in [0.1, 0.15) is 0 Å². The van der Waals surface area contributed by atoms with E-state index in [0.717, 1.165) is 48.0 Å². The molecule has 1 amide bonds. The summed E-state index contributed by atoms with van der Waals surface area (Å²) < 4.78 is 3.40. The second-order valence-electron chi connectivity index (χ2n) is 8.04. The average molecular weight is 431 g/mol. The summed E-state index contributed by atoms with van der Waals surface area (Å²) in [7, 11) is 0. The third-order valence-electron chi connectivity index (χ3n) is 6.02. The van der Waals surface area contributed by atoms with Crippen LogP contribution in [0, 0.1) is 0 Å². The SMILES string of the molecule is CCn1c(=O)n(CCC(=O)Nc2nc3ccccc3nc2N2CCCC2)c2ccccc21. The van der Waals surface area contributed by atoms with Crippen molar-refractivity contribution in [3.05, 3.63) is 59.0 Å². The van der Waals surface area contributed by atoms with E-state index < -0.39 is 0 Å². The average Bonchev–Trinajstić information content (AvgIpc) is 3.43. The number of benzene rings is 2. The van der Waals surface area contributed by atoms with Gasteiger partial charge in [-0.05, 0) is 44.0 Å². The predicted octanol–water partition coefficient (Wildman–Crippen LogP) is 3.40. The van der Waals surface area contributed by atoms with Crippen molar-refractivity contribution in [2.75, 3.05) is 23.3 Å². The molecule has 32 heavy (non-hydrogen) atoms. The third kappa shape index (κ3) is 3.62. The Balaban J connectivity index is 1.40. The van der Waals surface area contributed by atoms with Gasteiger partial charge in [-0.15, -0.1) is 0 Å². The van der Waals surface area contributed by atoms with Crippen molar-refractivity contribution in [1.29, 1.82) is 0 Å². The summed E-state index contributed by atoms with van der Waals surface area (Å²) in [6.07, 6.45) is 2.38. The van der Waals surface area contributed by atoms with E-state index in [1.807, 2.05) is 55.5 Å². The van der Waals surface area contributed by atoms with Crippen molar-refractivity contribution >= 4 is 39.6 Å². The van der Waals surface area contributed by atoms with Crippen LogP contribution in [0.5, 0.6) is 0 Å². The summed E-state index contributed by atoms with van der Waals surface area (Å²) in [5.74, 6) is 1.02. The molecule has 0 saturated carbocycles. The van der Waals surface area contributed by atoms with Gasteiger partial charge in [0.05, 0.1) is 22.1 Å². The number of para-hydroxylation sites is 4. The van der Waals surface area contributed by atoms with E-state index >= 15 is 0 Å². The van der Waals surface area contributed by atoms with Crippen LogP contribution >= 0.6 is 0 Å². The van der Waals surface area contributed by atoms with Gasteiger partial charge in [0, 0.05) is 32.6 Å². The van der Waals surface area contributed by atoms with E-state index in [1.54, 1.807) is 9.13 Å². The molecule has 1 aliphatic heterocycles. The van der Waals surface area contributed by atoms with Gasteiger partial charge in [-0.1, -0.05) is 24.3 Å². The minimum atomic E-state index is -0.185. The number of carbonyl (C=O) groups is 1. The minimum Gasteiger partial charge on any atom is -0.354 e. The lowest BCUT2D eigenvalue weighted by Gasteiger charge is -2.20. The normalized spacial score (nSPS) is 13.8. The number of fused-ring (bicyclic) bond motifs is 2. The molecule has 3 heterocycles. The van der Waals surface area contributed by atoms with Gasteiger partial charge < -0.3 is 10.2 Å². The zero-order valence-corrected chi connectivity index (χ0v) is 18.1. The number of nitrogens with zero attached hydrogens (tertiary/aromatic N) is 5. The highest BCUT2D eigenvalue weighted by atomic mass is 16.2. The molecular weight excluding hydrogens is 404 g/mol. The first-order valence-electron chi connectivity index (χ1n) is 11.2. The molecule has 1 fully saturated rings. The number of aromatic nitrogens is 4.